The lowest BCUT2D eigenvalue weighted by atomic mass is 9.92. The molecule has 1 aliphatic carbocycles. The molecule has 0 saturated heterocycles. The Morgan fingerprint density at radius 3 is 2.65 bits per heavy atom. The van der Waals surface area contributed by atoms with E-state index in [9.17, 15) is 0 Å². The van der Waals surface area contributed by atoms with Gasteiger partial charge in [0.1, 0.15) is 0 Å². The molecule has 1 aromatic heterocycles. The number of rotatable bonds is 2. The van der Waals surface area contributed by atoms with Crippen LogP contribution in [0.3, 0.4) is 0 Å². The maximum atomic E-state index is 5.11. The van der Waals surface area contributed by atoms with Gasteiger partial charge in [-0.2, -0.15) is 5.10 Å². The molecule has 1 saturated carbocycles. The van der Waals surface area contributed by atoms with Gasteiger partial charge in [-0.3, -0.25) is 4.68 Å². The summed E-state index contributed by atoms with van der Waals surface area (Å²) in [6.07, 6.45) is 5.95. The van der Waals surface area contributed by atoms with Crippen LogP contribution in [0, 0.1) is 5.41 Å². The second-order valence-electron chi connectivity index (χ2n) is 7.90. The van der Waals surface area contributed by atoms with Gasteiger partial charge in [0, 0.05) is 24.1 Å². The molecular formula is C20H27N3. The van der Waals surface area contributed by atoms with Crippen LogP contribution >= 0.6 is 0 Å². The smallest absolute Gasteiger partial charge is 0.0720 e. The predicted molar refractivity (Wildman–Crippen MR) is 94.6 cm³/mol. The Kier molecular flexibility index (Phi) is 3.76. The van der Waals surface area contributed by atoms with Gasteiger partial charge in [0.05, 0.1) is 17.4 Å². The van der Waals surface area contributed by atoms with Crippen LogP contribution < -0.4 is 5.32 Å². The lowest BCUT2D eigenvalue weighted by Crippen LogP contribution is -2.18. The van der Waals surface area contributed by atoms with E-state index in [1.165, 1.54) is 41.8 Å². The zero-order chi connectivity index (χ0) is 15.9. The number of nitrogens with zero attached hydrogens (tertiary/aromatic N) is 2. The van der Waals surface area contributed by atoms with Gasteiger partial charge >= 0.3 is 0 Å². The first-order valence-electron chi connectivity index (χ1n) is 9.00. The first-order chi connectivity index (χ1) is 11.1. The Morgan fingerprint density at radius 2 is 1.91 bits per heavy atom. The zero-order valence-electron chi connectivity index (χ0n) is 14.3. The van der Waals surface area contributed by atoms with E-state index >= 15 is 0 Å². The average molecular weight is 309 g/mol. The molecule has 2 heterocycles. The highest BCUT2D eigenvalue weighted by Crippen LogP contribution is 2.45. The molecule has 0 radical (unpaired) electrons. The third-order valence-electron chi connectivity index (χ3n) is 5.52. The van der Waals surface area contributed by atoms with Crippen LogP contribution in [0.15, 0.2) is 30.3 Å². The van der Waals surface area contributed by atoms with Crippen molar-refractivity contribution in [1.29, 1.82) is 0 Å². The van der Waals surface area contributed by atoms with E-state index < -0.39 is 0 Å². The van der Waals surface area contributed by atoms with E-state index in [4.69, 9.17) is 5.10 Å². The molecule has 1 fully saturated rings. The van der Waals surface area contributed by atoms with Crippen molar-refractivity contribution in [1.82, 2.24) is 15.1 Å². The maximum Gasteiger partial charge on any atom is 0.0720 e. The summed E-state index contributed by atoms with van der Waals surface area (Å²) in [7, 11) is 0. The molecule has 23 heavy (non-hydrogen) atoms. The number of fused-ring (bicyclic) bond motifs is 1. The number of aromatic nitrogens is 2. The third-order valence-corrected chi connectivity index (χ3v) is 5.52. The molecule has 3 heteroatoms. The third kappa shape index (κ3) is 2.83. The van der Waals surface area contributed by atoms with E-state index in [2.05, 4.69) is 54.2 Å². The number of nitrogens with one attached hydrogen (secondary N) is 1. The minimum atomic E-state index is 0.448. The van der Waals surface area contributed by atoms with Gasteiger partial charge in [-0.25, -0.2) is 0 Å². The Bertz CT molecular complexity index is 684. The number of benzene rings is 1. The van der Waals surface area contributed by atoms with Crippen LogP contribution in [0.25, 0.3) is 11.3 Å². The molecule has 122 valence electrons. The number of hydrogen-bond acceptors (Lipinski definition) is 2. The van der Waals surface area contributed by atoms with Gasteiger partial charge in [-0.15, -0.1) is 0 Å². The molecule has 1 aliphatic heterocycles. The van der Waals surface area contributed by atoms with Crippen molar-refractivity contribution < 1.29 is 0 Å². The molecular weight excluding hydrogens is 282 g/mol. The summed E-state index contributed by atoms with van der Waals surface area (Å²) in [5.41, 5.74) is 5.95. The normalized spacial score (nSPS) is 23.5. The second-order valence-corrected chi connectivity index (χ2v) is 7.90. The minimum absolute atomic E-state index is 0.448. The maximum absolute atomic E-state index is 5.11. The lowest BCUT2D eigenvalue weighted by Gasteiger charge is -2.19. The van der Waals surface area contributed by atoms with Crippen LogP contribution in [0.2, 0.25) is 0 Å². The quantitative estimate of drug-likeness (QED) is 0.909. The summed E-state index contributed by atoms with van der Waals surface area (Å²) in [6.45, 7) is 6.91. The Balaban J connectivity index is 1.82. The van der Waals surface area contributed by atoms with Crippen molar-refractivity contribution in [2.75, 3.05) is 13.1 Å². The predicted octanol–water partition coefficient (Wildman–Crippen LogP) is 3.99. The molecule has 0 bridgehead atoms. The van der Waals surface area contributed by atoms with E-state index in [0.29, 0.717) is 11.5 Å². The fraction of sp³-hybridized carbons (Fsp3) is 0.550. The van der Waals surface area contributed by atoms with Gasteiger partial charge in [0.25, 0.3) is 0 Å². The molecule has 1 atom stereocenters. The van der Waals surface area contributed by atoms with Gasteiger partial charge in [0.15, 0.2) is 0 Å². The van der Waals surface area contributed by atoms with Crippen molar-refractivity contribution >= 4 is 0 Å². The molecule has 4 rings (SSSR count). The van der Waals surface area contributed by atoms with Crippen molar-refractivity contribution in [3.8, 4) is 11.3 Å². The molecule has 1 N–H and O–H groups in total. The summed E-state index contributed by atoms with van der Waals surface area (Å²) in [5.74, 6) is 0. The van der Waals surface area contributed by atoms with E-state index in [1.54, 1.807) is 0 Å². The minimum Gasteiger partial charge on any atom is -0.316 e. The van der Waals surface area contributed by atoms with Crippen molar-refractivity contribution in [2.45, 2.75) is 52.0 Å². The van der Waals surface area contributed by atoms with Crippen LogP contribution in [0.4, 0.5) is 0 Å². The molecule has 0 amide bonds. The average Bonchev–Trinajstić information content (AvgIpc) is 3.00. The van der Waals surface area contributed by atoms with Crippen molar-refractivity contribution in [3.05, 3.63) is 41.6 Å². The summed E-state index contributed by atoms with van der Waals surface area (Å²) < 4.78 is 2.39. The molecule has 2 aliphatic rings. The Morgan fingerprint density at radius 1 is 1.13 bits per heavy atom. The summed E-state index contributed by atoms with van der Waals surface area (Å²) in [4.78, 5) is 0. The highest BCUT2D eigenvalue weighted by atomic mass is 15.3. The van der Waals surface area contributed by atoms with Crippen LogP contribution in [-0.2, 0) is 12.8 Å². The largest absolute Gasteiger partial charge is 0.316 e. The van der Waals surface area contributed by atoms with Crippen LogP contribution in [0.5, 0.6) is 0 Å². The van der Waals surface area contributed by atoms with Crippen LogP contribution in [-0.4, -0.2) is 22.9 Å². The van der Waals surface area contributed by atoms with Gasteiger partial charge in [-0.1, -0.05) is 44.2 Å². The van der Waals surface area contributed by atoms with E-state index in [-0.39, 0.29) is 0 Å². The van der Waals surface area contributed by atoms with Crippen molar-refractivity contribution in [3.63, 3.8) is 0 Å². The Labute approximate surface area is 139 Å². The van der Waals surface area contributed by atoms with Gasteiger partial charge in [-0.05, 0) is 37.6 Å². The second kappa shape index (κ2) is 5.79. The molecule has 1 unspecified atom stereocenters. The first-order valence-corrected chi connectivity index (χ1v) is 9.00. The summed E-state index contributed by atoms with van der Waals surface area (Å²) in [5, 5.41) is 8.62. The van der Waals surface area contributed by atoms with Crippen LogP contribution in [0.1, 0.15) is 50.4 Å². The Hall–Kier alpha value is -1.61. The summed E-state index contributed by atoms with van der Waals surface area (Å²) >= 11 is 0. The molecule has 2 aromatic rings. The topological polar surface area (TPSA) is 29.9 Å². The first kappa shape index (κ1) is 14.9. The molecule has 3 nitrogen and oxygen atoms in total. The zero-order valence-corrected chi connectivity index (χ0v) is 14.3. The highest BCUT2D eigenvalue weighted by molar-refractivity contribution is 5.65. The lowest BCUT2D eigenvalue weighted by molar-refractivity contribution is 0.350. The monoisotopic (exact) mass is 309 g/mol. The van der Waals surface area contributed by atoms with Gasteiger partial charge < -0.3 is 5.32 Å². The standard InChI is InChI=1S/C20H27N3/c1-20(2)11-8-16(14-20)23-19(15-6-4-3-5-7-15)17-9-12-21-13-10-18(17)22-23/h3-7,16,21H,8-14H2,1-2H3. The number of hydrogen-bond donors (Lipinski definition) is 1. The highest BCUT2D eigenvalue weighted by Gasteiger charge is 2.34. The van der Waals surface area contributed by atoms with Crippen molar-refractivity contribution in [2.24, 2.45) is 5.41 Å². The summed E-state index contributed by atoms with van der Waals surface area (Å²) in [6, 6.07) is 11.4. The van der Waals surface area contributed by atoms with E-state index in [0.717, 1.165) is 25.9 Å². The van der Waals surface area contributed by atoms with E-state index in [1.807, 2.05) is 0 Å². The van der Waals surface area contributed by atoms with Gasteiger partial charge in [0.2, 0.25) is 0 Å². The fourth-order valence-electron chi connectivity index (χ4n) is 4.30. The molecule has 1 aromatic carbocycles. The SMILES string of the molecule is CC1(C)CCC(n2nc3c(c2-c2ccccc2)CCNCC3)C1. The molecule has 0 spiro atoms. The fourth-order valence-corrected chi connectivity index (χ4v) is 4.30.